The van der Waals surface area contributed by atoms with E-state index in [0.29, 0.717) is 16.7 Å². The van der Waals surface area contributed by atoms with Crippen molar-refractivity contribution < 1.29 is 8.42 Å². The van der Waals surface area contributed by atoms with Crippen molar-refractivity contribution in [2.45, 2.75) is 9.79 Å². The first-order chi connectivity index (χ1) is 12.2. The van der Waals surface area contributed by atoms with Crippen molar-refractivity contribution in [2.24, 2.45) is 14.1 Å². The third kappa shape index (κ3) is 3.15. The quantitative estimate of drug-likeness (QED) is 0.541. The number of fused-ring (bicyclic) bond motifs is 1. The van der Waals surface area contributed by atoms with Gasteiger partial charge >= 0.3 is 11.1 Å². The summed E-state index contributed by atoms with van der Waals surface area (Å²) in [6, 6.07) is 11.4. The number of sulfonamides is 1. The molecule has 7 nitrogen and oxygen atoms in total. The predicted octanol–water partition coefficient (Wildman–Crippen LogP) is 1.76. The number of anilines is 1. The van der Waals surface area contributed by atoms with E-state index in [1.807, 2.05) is 12.3 Å². The summed E-state index contributed by atoms with van der Waals surface area (Å²) < 4.78 is 30.3. The highest BCUT2D eigenvalue weighted by atomic mass is 32.2. The molecule has 1 heterocycles. The van der Waals surface area contributed by atoms with Crippen LogP contribution in [0, 0.1) is 0 Å². The molecule has 0 aliphatic rings. The molecular weight excluding hydrogens is 374 g/mol. The van der Waals surface area contributed by atoms with Crippen LogP contribution in [0.4, 0.5) is 5.69 Å². The monoisotopic (exact) mass is 391 g/mol. The van der Waals surface area contributed by atoms with Crippen LogP contribution in [-0.4, -0.2) is 23.8 Å². The molecule has 0 saturated carbocycles. The molecule has 3 aromatic rings. The van der Waals surface area contributed by atoms with E-state index in [0.717, 1.165) is 9.46 Å². The fraction of sp³-hybridized carbons (Fsp3) is 0.176. The van der Waals surface area contributed by atoms with Crippen LogP contribution >= 0.6 is 11.8 Å². The van der Waals surface area contributed by atoms with Gasteiger partial charge in [0.25, 0.3) is 10.0 Å². The molecule has 0 radical (unpaired) electrons. The Bertz CT molecular complexity index is 1230. The smallest absolute Gasteiger partial charge is 0.305 e. The first kappa shape index (κ1) is 18.3. The first-order valence-electron chi connectivity index (χ1n) is 7.61. The lowest BCUT2D eigenvalue weighted by Gasteiger charge is -2.12. The summed E-state index contributed by atoms with van der Waals surface area (Å²) in [5.41, 5.74) is -0.0950. The van der Waals surface area contributed by atoms with Crippen molar-refractivity contribution >= 4 is 38.5 Å². The summed E-state index contributed by atoms with van der Waals surface area (Å²) in [4.78, 5) is 24.8. The van der Waals surface area contributed by atoms with E-state index < -0.39 is 21.1 Å². The molecule has 0 unspecified atom stereocenters. The van der Waals surface area contributed by atoms with Crippen LogP contribution in [0.3, 0.4) is 0 Å². The zero-order chi connectivity index (χ0) is 19.1. The molecule has 0 spiro atoms. The molecule has 3 rings (SSSR count). The SMILES string of the molecule is CSc1cccc(NS(=O)(=O)c2ccc3c(c2)n(C)c(=O)c(=O)n3C)c1. The molecule has 0 saturated heterocycles. The Morgan fingerprint density at radius 1 is 0.923 bits per heavy atom. The molecule has 0 aliphatic heterocycles. The van der Waals surface area contributed by atoms with Crippen LogP contribution in [-0.2, 0) is 24.1 Å². The zero-order valence-electron chi connectivity index (χ0n) is 14.4. The Labute approximate surface area is 154 Å². The highest BCUT2D eigenvalue weighted by Crippen LogP contribution is 2.23. The maximum absolute atomic E-state index is 12.7. The highest BCUT2D eigenvalue weighted by molar-refractivity contribution is 7.98. The van der Waals surface area contributed by atoms with Crippen LogP contribution in [0.5, 0.6) is 0 Å². The number of aryl methyl sites for hydroxylation is 2. The molecule has 26 heavy (non-hydrogen) atoms. The Morgan fingerprint density at radius 3 is 2.23 bits per heavy atom. The number of aromatic nitrogens is 2. The van der Waals surface area contributed by atoms with Gasteiger partial charge in [-0.25, -0.2) is 8.42 Å². The summed E-state index contributed by atoms with van der Waals surface area (Å²) in [7, 11) is -0.923. The molecular formula is C17H17N3O4S2. The number of hydrogen-bond donors (Lipinski definition) is 1. The minimum atomic E-state index is -3.84. The lowest BCUT2D eigenvalue weighted by Crippen LogP contribution is -2.39. The van der Waals surface area contributed by atoms with Crippen LogP contribution in [0.1, 0.15) is 0 Å². The van der Waals surface area contributed by atoms with Crippen LogP contribution in [0.15, 0.2) is 61.8 Å². The largest absolute Gasteiger partial charge is 0.316 e. The average molecular weight is 391 g/mol. The fourth-order valence-corrected chi connectivity index (χ4v) is 4.16. The molecule has 0 aliphatic carbocycles. The van der Waals surface area contributed by atoms with Crippen molar-refractivity contribution in [1.82, 2.24) is 9.13 Å². The van der Waals surface area contributed by atoms with Crippen molar-refractivity contribution in [3.63, 3.8) is 0 Å². The van der Waals surface area contributed by atoms with E-state index >= 15 is 0 Å². The predicted molar refractivity (Wildman–Crippen MR) is 103 cm³/mol. The van der Waals surface area contributed by atoms with Crippen molar-refractivity contribution in [2.75, 3.05) is 11.0 Å². The third-order valence-corrected chi connectivity index (χ3v) is 6.20. The normalized spacial score (nSPS) is 11.7. The zero-order valence-corrected chi connectivity index (χ0v) is 16.0. The Morgan fingerprint density at radius 2 is 1.58 bits per heavy atom. The molecule has 1 N–H and O–H groups in total. The standard InChI is InChI=1S/C17H17N3O4S2/c1-19-14-8-7-13(10-15(14)20(2)17(22)16(19)21)26(23,24)18-11-5-4-6-12(9-11)25-3/h4-10,18H,1-3H3. The summed E-state index contributed by atoms with van der Waals surface area (Å²) in [5.74, 6) is 0. The van der Waals surface area contributed by atoms with Gasteiger partial charge in [-0.1, -0.05) is 6.07 Å². The third-order valence-electron chi connectivity index (χ3n) is 4.09. The minimum Gasteiger partial charge on any atom is -0.305 e. The summed E-state index contributed by atoms with van der Waals surface area (Å²) in [5, 5.41) is 0. The first-order valence-corrected chi connectivity index (χ1v) is 10.3. The molecule has 0 atom stereocenters. The Balaban J connectivity index is 2.12. The summed E-state index contributed by atoms with van der Waals surface area (Å²) in [6.45, 7) is 0. The van der Waals surface area contributed by atoms with E-state index in [4.69, 9.17) is 0 Å². The van der Waals surface area contributed by atoms with Gasteiger partial charge in [0.05, 0.1) is 15.9 Å². The molecule has 0 fully saturated rings. The number of nitrogens with zero attached hydrogens (tertiary/aromatic N) is 2. The van der Waals surface area contributed by atoms with E-state index in [2.05, 4.69) is 4.72 Å². The highest BCUT2D eigenvalue weighted by Gasteiger charge is 2.17. The second kappa shape index (κ2) is 6.65. The van der Waals surface area contributed by atoms with E-state index in [9.17, 15) is 18.0 Å². The van der Waals surface area contributed by atoms with Crippen LogP contribution in [0.2, 0.25) is 0 Å². The molecule has 0 amide bonds. The number of hydrogen-bond acceptors (Lipinski definition) is 5. The van der Waals surface area contributed by atoms with Crippen molar-refractivity contribution in [1.29, 1.82) is 0 Å². The van der Waals surface area contributed by atoms with Crippen LogP contribution < -0.4 is 15.8 Å². The maximum Gasteiger partial charge on any atom is 0.316 e. The van der Waals surface area contributed by atoms with Gasteiger partial charge in [-0.2, -0.15) is 0 Å². The topological polar surface area (TPSA) is 90.2 Å². The lowest BCUT2D eigenvalue weighted by molar-refractivity contribution is 0.601. The van der Waals surface area contributed by atoms with Gasteiger partial charge < -0.3 is 9.13 Å². The van der Waals surface area contributed by atoms with Crippen molar-refractivity contribution in [3.8, 4) is 0 Å². The van der Waals surface area contributed by atoms with E-state index in [-0.39, 0.29) is 4.90 Å². The number of benzene rings is 2. The maximum atomic E-state index is 12.7. The summed E-state index contributed by atoms with van der Waals surface area (Å²) >= 11 is 1.51. The number of thioether (sulfide) groups is 1. The van der Waals surface area contributed by atoms with Gasteiger partial charge in [0.2, 0.25) is 0 Å². The Hall–Kier alpha value is -2.52. The summed E-state index contributed by atoms with van der Waals surface area (Å²) in [6.07, 6.45) is 1.90. The van der Waals surface area contributed by atoms with Gasteiger partial charge in [-0.15, -0.1) is 11.8 Å². The van der Waals surface area contributed by atoms with E-state index in [1.54, 1.807) is 18.2 Å². The molecule has 1 aromatic heterocycles. The average Bonchev–Trinajstić information content (AvgIpc) is 2.64. The van der Waals surface area contributed by atoms with Gasteiger partial charge in [0.15, 0.2) is 0 Å². The minimum absolute atomic E-state index is 0.00760. The van der Waals surface area contributed by atoms with Gasteiger partial charge in [0, 0.05) is 24.7 Å². The van der Waals surface area contributed by atoms with E-state index in [1.165, 1.54) is 48.6 Å². The Kier molecular flexibility index (Phi) is 4.68. The number of rotatable bonds is 4. The van der Waals surface area contributed by atoms with Gasteiger partial charge in [-0.05, 0) is 42.7 Å². The van der Waals surface area contributed by atoms with Gasteiger partial charge in [-0.3, -0.25) is 14.3 Å². The molecule has 2 aromatic carbocycles. The molecule has 136 valence electrons. The lowest BCUT2D eigenvalue weighted by atomic mass is 10.3. The second-order valence-corrected chi connectivity index (χ2v) is 8.28. The van der Waals surface area contributed by atoms with Crippen molar-refractivity contribution in [3.05, 3.63) is 63.2 Å². The van der Waals surface area contributed by atoms with Crippen LogP contribution in [0.25, 0.3) is 11.0 Å². The molecule has 0 bridgehead atoms. The molecule has 9 heteroatoms. The second-order valence-electron chi connectivity index (χ2n) is 5.72. The fourth-order valence-electron chi connectivity index (χ4n) is 2.63. The number of nitrogens with one attached hydrogen (secondary N) is 1. The van der Waals surface area contributed by atoms with Gasteiger partial charge in [0.1, 0.15) is 0 Å².